The molecule has 1 saturated heterocycles. The third-order valence-corrected chi connectivity index (χ3v) is 4.05. The van der Waals surface area contributed by atoms with Crippen LogP contribution in [0.5, 0.6) is 0 Å². The first kappa shape index (κ1) is 13.5. The molecule has 0 aliphatic carbocycles. The van der Waals surface area contributed by atoms with E-state index < -0.39 is 0 Å². The molecule has 3 rings (SSSR count). The molecular formula is C14H17ClN4O. The number of hydrogen-bond acceptors (Lipinski definition) is 5. The second-order valence-corrected chi connectivity index (χ2v) is 5.53. The van der Waals surface area contributed by atoms with Crippen molar-refractivity contribution in [1.29, 1.82) is 0 Å². The molecule has 5 nitrogen and oxygen atoms in total. The zero-order valence-electron chi connectivity index (χ0n) is 11.4. The summed E-state index contributed by atoms with van der Waals surface area (Å²) < 4.78 is 5.34. The molecule has 0 amide bonds. The third kappa shape index (κ3) is 2.83. The van der Waals surface area contributed by atoms with Crippen molar-refractivity contribution in [2.24, 2.45) is 0 Å². The summed E-state index contributed by atoms with van der Waals surface area (Å²) in [6.07, 6.45) is 5.41. The Labute approximate surface area is 123 Å². The highest BCUT2D eigenvalue weighted by Crippen LogP contribution is 2.24. The largest absolute Gasteiger partial charge is 0.338 e. The Morgan fingerprint density at radius 1 is 1.45 bits per heavy atom. The Hall–Kier alpha value is -1.46. The van der Waals surface area contributed by atoms with Crippen LogP contribution >= 0.6 is 11.6 Å². The Balaban J connectivity index is 1.75. The van der Waals surface area contributed by atoms with Gasteiger partial charge in [0.05, 0.1) is 12.1 Å². The highest BCUT2D eigenvalue weighted by Gasteiger charge is 2.21. The number of aromatic nitrogens is 3. The first-order chi connectivity index (χ1) is 9.74. The monoisotopic (exact) mass is 292 g/mol. The van der Waals surface area contributed by atoms with E-state index in [1.165, 1.54) is 19.3 Å². The molecule has 2 aromatic heterocycles. The number of hydrogen-bond donors (Lipinski definition) is 0. The van der Waals surface area contributed by atoms with Crippen LogP contribution in [0.4, 0.5) is 0 Å². The molecule has 0 radical (unpaired) electrons. The first-order valence-electron chi connectivity index (χ1n) is 6.91. The average molecular weight is 293 g/mol. The maximum absolute atomic E-state index is 6.04. The molecule has 106 valence electrons. The molecule has 0 bridgehead atoms. The Kier molecular flexibility index (Phi) is 3.98. The molecule has 2 aromatic rings. The molecular weight excluding hydrogens is 276 g/mol. The van der Waals surface area contributed by atoms with Crippen LogP contribution in [0.15, 0.2) is 22.9 Å². The van der Waals surface area contributed by atoms with E-state index in [4.69, 9.17) is 16.1 Å². The second-order valence-electron chi connectivity index (χ2n) is 5.17. The number of likely N-dealkylation sites (tertiary alicyclic amines) is 1. The van der Waals surface area contributed by atoms with Crippen molar-refractivity contribution in [2.75, 3.05) is 6.54 Å². The zero-order valence-corrected chi connectivity index (χ0v) is 12.2. The lowest BCUT2D eigenvalue weighted by molar-refractivity contribution is 0.135. The van der Waals surface area contributed by atoms with Crippen LogP contribution in [-0.2, 0) is 6.54 Å². The minimum atomic E-state index is 0.395. The van der Waals surface area contributed by atoms with E-state index in [0.717, 1.165) is 6.54 Å². The van der Waals surface area contributed by atoms with Gasteiger partial charge in [-0.15, -0.1) is 0 Å². The number of pyridine rings is 1. The molecule has 0 saturated carbocycles. The van der Waals surface area contributed by atoms with Crippen LogP contribution in [0.2, 0.25) is 5.15 Å². The van der Waals surface area contributed by atoms with Gasteiger partial charge in [-0.05, 0) is 38.4 Å². The average Bonchev–Trinajstić information content (AvgIpc) is 2.90. The molecule has 3 heterocycles. The SMILES string of the molecule is C[C@@H]1CCCCN1Cc1nc(-c2cccnc2Cl)no1. The summed E-state index contributed by atoms with van der Waals surface area (Å²) in [5.41, 5.74) is 0.704. The summed E-state index contributed by atoms with van der Waals surface area (Å²) in [6.45, 7) is 4.03. The van der Waals surface area contributed by atoms with Crippen LogP contribution in [0.3, 0.4) is 0 Å². The number of nitrogens with zero attached hydrogens (tertiary/aromatic N) is 4. The summed E-state index contributed by atoms with van der Waals surface area (Å²) in [5, 5.41) is 4.40. The van der Waals surface area contributed by atoms with Crippen molar-refractivity contribution in [2.45, 2.75) is 38.8 Å². The van der Waals surface area contributed by atoms with Crippen molar-refractivity contribution in [3.63, 3.8) is 0 Å². The molecule has 1 atom stereocenters. The summed E-state index contributed by atoms with van der Waals surface area (Å²) in [5.74, 6) is 1.14. The van der Waals surface area contributed by atoms with Gasteiger partial charge in [-0.2, -0.15) is 4.98 Å². The maximum atomic E-state index is 6.04. The minimum Gasteiger partial charge on any atom is -0.338 e. The van der Waals surface area contributed by atoms with Gasteiger partial charge in [0.15, 0.2) is 0 Å². The smallest absolute Gasteiger partial charge is 0.241 e. The predicted molar refractivity (Wildman–Crippen MR) is 76.3 cm³/mol. The van der Waals surface area contributed by atoms with Gasteiger partial charge < -0.3 is 4.52 Å². The summed E-state index contributed by atoms with van der Waals surface area (Å²) in [4.78, 5) is 10.8. The Bertz CT molecular complexity index is 586. The van der Waals surface area contributed by atoms with Crippen molar-refractivity contribution in [3.05, 3.63) is 29.4 Å². The summed E-state index contributed by atoms with van der Waals surface area (Å²) >= 11 is 6.04. The number of halogens is 1. The van der Waals surface area contributed by atoms with Crippen LogP contribution in [0.25, 0.3) is 11.4 Å². The Morgan fingerprint density at radius 2 is 2.35 bits per heavy atom. The van der Waals surface area contributed by atoms with Gasteiger partial charge >= 0.3 is 0 Å². The highest BCUT2D eigenvalue weighted by molar-refractivity contribution is 6.31. The zero-order chi connectivity index (χ0) is 13.9. The van der Waals surface area contributed by atoms with Gasteiger partial charge in [-0.1, -0.05) is 23.2 Å². The van der Waals surface area contributed by atoms with Crippen LogP contribution in [0, 0.1) is 0 Å². The van der Waals surface area contributed by atoms with Crippen LogP contribution in [-0.4, -0.2) is 32.6 Å². The normalized spacial score (nSPS) is 20.2. The fraction of sp³-hybridized carbons (Fsp3) is 0.500. The Morgan fingerprint density at radius 3 is 3.15 bits per heavy atom. The molecule has 1 aliphatic heterocycles. The van der Waals surface area contributed by atoms with E-state index in [1.54, 1.807) is 6.20 Å². The van der Waals surface area contributed by atoms with E-state index in [-0.39, 0.29) is 0 Å². The molecule has 0 N–H and O–H groups in total. The lowest BCUT2D eigenvalue weighted by Crippen LogP contribution is -2.36. The van der Waals surface area contributed by atoms with E-state index in [1.807, 2.05) is 12.1 Å². The number of piperidine rings is 1. The fourth-order valence-corrected chi connectivity index (χ4v) is 2.75. The van der Waals surface area contributed by atoms with Crippen LogP contribution in [0.1, 0.15) is 32.1 Å². The number of rotatable bonds is 3. The van der Waals surface area contributed by atoms with Crippen molar-refractivity contribution in [3.8, 4) is 11.4 Å². The highest BCUT2D eigenvalue weighted by atomic mass is 35.5. The molecule has 6 heteroatoms. The van der Waals surface area contributed by atoms with Gasteiger partial charge in [0.25, 0.3) is 0 Å². The lowest BCUT2D eigenvalue weighted by Gasteiger charge is -2.31. The third-order valence-electron chi connectivity index (χ3n) is 3.75. The van der Waals surface area contributed by atoms with E-state index >= 15 is 0 Å². The second kappa shape index (κ2) is 5.89. The van der Waals surface area contributed by atoms with E-state index in [9.17, 15) is 0 Å². The molecule has 0 spiro atoms. The molecule has 1 aliphatic rings. The van der Waals surface area contributed by atoms with E-state index in [0.29, 0.717) is 35.0 Å². The topological polar surface area (TPSA) is 55.1 Å². The predicted octanol–water partition coefficient (Wildman–Crippen LogP) is 3.16. The van der Waals surface area contributed by atoms with Gasteiger partial charge in [-0.25, -0.2) is 4.98 Å². The van der Waals surface area contributed by atoms with Gasteiger partial charge in [0, 0.05) is 12.2 Å². The lowest BCUT2D eigenvalue weighted by atomic mass is 10.0. The summed E-state index contributed by atoms with van der Waals surface area (Å²) in [6, 6.07) is 4.22. The quantitative estimate of drug-likeness (QED) is 0.813. The van der Waals surface area contributed by atoms with Gasteiger partial charge in [-0.3, -0.25) is 4.90 Å². The molecule has 0 aromatic carbocycles. The fourth-order valence-electron chi connectivity index (χ4n) is 2.55. The van der Waals surface area contributed by atoms with Crippen molar-refractivity contribution < 1.29 is 4.52 Å². The maximum Gasteiger partial charge on any atom is 0.241 e. The minimum absolute atomic E-state index is 0.395. The summed E-state index contributed by atoms with van der Waals surface area (Å²) in [7, 11) is 0. The van der Waals surface area contributed by atoms with Crippen LogP contribution < -0.4 is 0 Å². The van der Waals surface area contributed by atoms with E-state index in [2.05, 4.69) is 26.9 Å². The van der Waals surface area contributed by atoms with Crippen molar-refractivity contribution in [1.82, 2.24) is 20.0 Å². The molecule has 1 fully saturated rings. The molecule has 0 unspecified atom stereocenters. The van der Waals surface area contributed by atoms with Gasteiger partial charge in [0.2, 0.25) is 11.7 Å². The standard InChI is InChI=1S/C14H17ClN4O/c1-10-5-2-3-8-19(10)9-12-17-14(18-20-12)11-6-4-7-16-13(11)15/h4,6-7,10H,2-3,5,8-9H2,1H3/t10-/m1/s1. The van der Waals surface area contributed by atoms with Gasteiger partial charge in [0.1, 0.15) is 5.15 Å². The van der Waals surface area contributed by atoms with Crippen molar-refractivity contribution >= 4 is 11.6 Å². The first-order valence-corrected chi connectivity index (χ1v) is 7.29. The molecule has 20 heavy (non-hydrogen) atoms.